The van der Waals surface area contributed by atoms with E-state index in [0.29, 0.717) is 22.7 Å². The van der Waals surface area contributed by atoms with Gasteiger partial charge in [0.25, 0.3) is 0 Å². The largest absolute Gasteiger partial charge is 0.497 e. The second kappa shape index (κ2) is 9.96. The van der Waals surface area contributed by atoms with Gasteiger partial charge in [-0.3, -0.25) is 9.59 Å². The van der Waals surface area contributed by atoms with Crippen molar-refractivity contribution in [2.75, 3.05) is 19.5 Å². The summed E-state index contributed by atoms with van der Waals surface area (Å²) in [5, 5.41) is 6.66. The van der Waals surface area contributed by atoms with Gasteiger partial charge >= 0.3 is 0 Å². The van der Waals surface area contributed by atoms with Gasteiger partial charge in [-0.15, -0.1) is 0 Å². The van der Waals surface area contributed by atoms with Crippen LogP contribution in [0.4, 0.5) is 5.69 Å². The van der Waals surface area contributed by atoms with E-state index in [-0.39, 0.29) is 24.7 Å². The topological polar surface area (TPSA) is 89.0 Å². The fourth-order valence-corrected chi connectivity index (χ4v) is 2.33. The summed E-state index contributed by atoms with van der Waals surface area (Å²) in [7, 11) is 3.11. The maximum atomic E-state index is 11.9. The molecule has 0 bridgehead atoms. The minimum atomic E-state index is -0.349. The smallest absolute Gasteiger partial charge is 0.240 e. The molecule has 0 aromatic heterocycles. The number of hydrazone groups is 1. The number of nitrogens with one attached hydrogen (secondary N) is 2. The van der Waals surface area contributed by atoms with Crippen molar-refractivity contribution in [3.05, 3.63) is 53.6 Å². The minimum Gasteiger partial charge on any atom is -0.497 e. The zero-order valence-electron chi connectivity index (χ0n) is 15.6. The number of rotatable bonds is 8. The lowest BCUT2D eigenvalue weighted by molar-refractivity contribution is -0.124. The summed E-state index contributed by atoms with van der Waals surface area (Å²) in [6, 6.07) is 12.7. The van der Waals surface area contributed by atoms with E-state index in [4.69, 9.17) is 9.47 Å². The van der Waals surface area contributed by atoms with Crippen molar-refractivity contribution in [3.8, 4) is 11.5 Å². The third-order valence-electron chi connectivity index (χ3n) is 3.71. The number of ether oxygens (including phenoxy) is 2. The second-order valence-electron chi connectivity index (χ2n) is 5.82. The summed E-state index contributed by atoms with van der Waals surface area (Å²) in [5.74, 6) is 0.659. The predicted molar refractivity (Wildman–Crippen MR) is 104 cm³/mol. The molecule has 2 amide bonds. The summed E-state index contributed by atoms with van der Waals surface area (Å²) in [5.41, 5.74) is 4.86. The molecule has 2 N–H and O–H groups in total. The van der Waals surface area contributed by atoms with Gasteiger partial charge in [0.05, 0.1) is 20.4 Å². The van der Waals surface area contributed by atoms with Crippen LogP contribution in [0.2, 0.25) is 0 Å². The van der Waals surface area contributed by atoms with E-state index in [2.05, 4.69) is 15.8 Å². The van der Waals surface area contributed by atoms with Gasteiger partial charge in [0.15, 0.2) is 0 Å². The quantitative estimate of drug-likeness (QED) is 0.553. The highest BCUT2D eigenvalue weighted by Crippen LogP contribution is 2.22. The number of amides is 2. The molecule has 27 heavy (non-hydrogen) atoms. The monoisotopic (exact) mass is 369 g/mol. The van der Waals surface area contributed by atoms with Gasteiger partial charge in [0.1, 0.15) is 11.5 Å². The summed E-state index contributed by atoms with van der Waals surface area (Å²) < 4.78 is 10.4. The third-order valence-corrected chi connectivity index (χ3v) is 3.71. The summed E-state index contributed by atoms with van der Waals surface area (Å²) in [4.78, 5) is 23.8. The Kier molecular flexibility index (Phi) is 7.37. The van der Waals surface area contributed by atoms with Gasteiger partial charge in [-0.25, -0.2) is 5.43 Å². The lowest BCUT2D eigenvalue weighted by Crippen LogP contribution is -2.20. The molecule has 0 aliphatic carbocycles. The van der Waals surface area contributed by atoms with Crippen LogP contribution in [-0.4, -0.2) is 32.2 Å². The number of benzene rings is 2. The normalized spacial score (nSPS) is 10.5. The highest BCUT2D eigenvalue weighted by atomic mass is 16.5. The van der Waals surface area contributed by atoms with Gasteiger partial charge < -0.3 is 14.8 Å². The molecular formula is C20H23N3O4. The molecule has 7 heteroatoms. The second-order valence-corrected chi connectivity index (χ2v) is 5.82. The molecule has 0 saturated heterocycles. The molecule has 0 aliphatic rings. The van der Waals surface area contributed by atoms with E-state index < -0.39 is 0 Å². The van der Waals surface area contributed by atoms with Crippen LogP contribution < -0.4 is 20.2 Å². The van der Waals surface area contributed by atoms with Crippen molar-refractivity contribution < 1.29 is 19.1 Å². The standard InChI is InChI=1S/C20H23N3O4/c1-14-5-4-6-16(11-14)22-19(24)9-10-20(25)23-21-13-15-7-8-17(26-2)12-18(15)27-3/h4-8,11-13H,9-10H2,1-3H3,(H,22,24)(H,23,25)/b21-13-. The lowest BCUT2D eigenvalue weighted by Gasteiger charge is -2.07. The van der Waals surface area contributed by atoms with Gasteiger partial charge in [0, 0.05) is 30.2 Å². The van der Waals surface area contributed by atoms with Gasteiger partial charge in [-0.05, 0) is 36.8 Å². The third kappa shape index (κ3) is 6.47. The Balaban J connectivity index is 1.80. The van der Waals surface area contributed by atoms with Crippen LogP contribution in [0.15, 0.2) is 47.6 Å². The Hall–Kier alpha value is -3.35. The number of anilines is 1. The van der Waals surface area contributed by atoms with Crippen LogP contribution >= 0.6 is 0 Å². The molecule has 2 aromatic rings. The Morgan fingerprint density at radius 3 is 2.52 bits per heavy atom. The van der Waals surface area contributed by atoms with E-state index >= 15 is 0 Å². The predicted octanol–water partition coefficient (Wildman–Crippen LogP) is 2.88. The molecule has 0 spiro atoms. The number of carbonyl (C=O) groups is 2. The van der Waals surface area contributed by atoms with E-state index in [1.807, 2.05) is 25.1 Å². The Labute approximate surface area is 158 Å². The number of hydrogen-bond acceptors (Lipinski definition) is 5. The van der Waals surface area contributed by atoms with Crippen LogP contribution in [0.3, 0.4) is 0 Å². The average Bonchev–Trinajstić information content (AvgIpc) is 2.66. The van der Waals surface area contributed by atoms with Crippen molar-refractivity contribution in [2.45, 2.75) is 19.8 Å². The average molecular weight is 369 g/mol. The number of aryl methyl sites for hydroxylation is 1. The molecule has 0 unspecified atom stereocenters. The highest BCUT2D eigenvalue weighted by molar-refractivity contribution is 5.93. The van der Waals surface area contributed by atoms with Crippen LogP contribution in [0, 0.1) is 6.92 Å². The first-order chi connectivity index (χ1) is 13.0. The summed E-state index contributed by atoms with van der Waals surface area (Å²) >= 11 is 0. The molecule has 0 aliphatic heterocycles. The minimum absolute atomic E-state index is 0.0364. The molecule has 0 heterocycles. The lowest BCUT2D eigenvalue weighted by atomic mass is 10.2. The number of nitrogens with zero attached hydrogens (tertiary/aromatic N) is 1. The fraction of sp³-hybridized carbons (Fsp3) is 0.250. The van der Waals surface area contributed by atoms with Crippen molar-refractivity contribution in [3.63, 3.8) is 0 Å². The van der Waals surface area contributed by atoms with Gasteiger partial charge in [0.2, 0.25) is 11.8 Å². The highest BCUT2D eigenvalue weighted by Gasteiger charge is 2.07. The Morgan fingerprint density at radius 1 is 1.04 bits per heavy atom. The maximum Gasteiger partial charge on any atom is 0.240 e. The summed E-state index contributed by atoms with van der Waals surface area (Å²) in [6.07, 6.45) is 1.58. The zero-order chi connectivity index (χ0) is 19.6. The van der Waals surface area contributed by atoms with Crippen LogP contribution in [0.1, 0.15) is 24.0 Å². The molecule has 0 atom stereocenters. The van der Waals surface area contributed by atoms with Crippen LogP contribution in [-0.2, 0) is 9.59 Å². The molecule has 2 rings (SSSR count). The Bertz CT molecular complexity index is 834. The van der Waals surface area contributed by atoms with Crippen molar-refractivity contribution in [2.24, 2.45) is 5.10 Å². The molecule has 0 fully saturated rings. The first-order valence-electron chi connectivity index (χ1n) is 8.42. The number of methoxy groups -OCH3 is 2. The molecule has 2 aromatic carbocycles. The van der Waals surface area contributed by atoms with Crippen molar-refractivity contribution >= 4 is 23.7 Å². The van der Waals surface area contributed by atoms with Crippen molar-refractivity contribution in [1.82, 2.24) is 5.43 Å². The fourth-order valence-electron chi connectivity index (χ4n) is 2.33. The number of carbonyl (C=O) groups excluding carboxylic acids is 2. The van der Waals surface area contributed by atoms with Crippen LogP contribution in [0.5, 0.6) is 11.5 Å². The van der Waals surface area contributed by atoms with E-state index in [1.165, 1.54) is 13.3 Å². The molecule has 7 nitrogen and oxygen atoms in total. The van der Waals surface area contributed by atoms with Crippen molar-refractivity contribution in [1.29, 1.82) is 0 Å². The number of hydrogen-bond donors (Lipinski definition) is 2. The molecule has 142 valence electrons. The van der Waals surface area contributed by atoms with E-state index in [9.17, 15) is 9.59 Å². The maximum absolute atomic E-state index is 11.9. The summed E-state index contributed by atoms with van der Waals surface area (Å²) in [6.45, 7) is 1.94. The molecule has 0 radical (unpaired) electrons. The van der Waals surface area contributed by atoms with E-state index in [0.717, 1.165) is 5.56 Å². The molecule has 0 saturated carbocycles. The van der Waals surface area contributed by atoms with Gasteiger partial charge in [-0.2, -0.15) is 5.10 Å². The van der Waals surface area contributed by atoms with E-state index in [1.54, 1.807) is 31.4 Å². The SMILES string of the molecule is COc1ccc(/C=N\NC(=O)CCC(=O)Nc2cccc(C)c2)c(OC)c1. The zero-order valence-corrected chi connectivity index (χ0v) is 15.6. The van der Waals surface area contributed by atoms with Crippen LogP contribution in [0.25, 0.3) is 0 Å². The molecular weight excluding hydrogens is 346 g/mol. The Morgan fingerprint density at radius 2 is 1.81 bits per heavy atom. The van der Waals surface area contributed by atoms with Gasteiger partial charge in [-0.1, -0.05) is 12.1 Å². The first kappa shape index (κ1) is 20.0. The first-order valence-corrected chi connectivity index (χ1v) is 8.42.